The molecule has 1 nitrogen and oxygen atoms in total. The predicted molar refractivity (Wildman–Crippen MR) is 48.9 cm³/mol. The average molecular weight is 166 g/mol. The number of rotatable bonds is 2. The van der Waals surface area contributed by atoms with Crippen molar-refractivity contribution in [3.8, 4) is 0 Å². The highest BCUT2D eigenvalue weighted by Crippen LogP contribution is 2.56. The highest BCUT2D eigenvalue weighted by atomic mass is 16.1. The standard InChI is InChI=1S/C11H18O/c1-2-5-9-10(12)8-11(9)6-3-4-7-11/h9H,2-8H2,1H3. The fourth-order valence-corrected chi connectivity index (χ4v) is 3.16. The molecule has 2 fully saturated rings. The van der Waals surface area contributed by atoms with Gasteiger partial charge in [-0.3, -0.25) is 4.79 Å². The van der Waals surface area contributed by atoms with Crippen LogP contribution < -0.4 is 0 Å². The molecule has 1 heteroatoms. The molecule has 2 rings (SSSR count). The number of hydrogen-bond donors (Lipinski definition) is 0. The van der Waals surface area contributed by atoms with Gasteiger partial charge < -0.3 is 0 Å². The first kappa shape index (κ1) is 8.28. The van der Waals surface area contributed by atoms with Crippen molar-refractivity contribution in [2.24, 2.45) is 11.3 Å². The summed E-state index contributed by atoms with van der Waals surface area (Å²) in [4.78, 5) is 11.4. The van der Waals surface area contributed by atoms with Gasteiger partial charge in [0.05, 0.1) is 0 Å². The molecule has 0 amide bonds. The summed E-state index contributed by atoms with van der Waals surface area (Å²) >= 11 is 0. The molecule has 1 spiro atoms. The molecule has 1 unspecified atom stereocenters. The molecule has 2 aliphatic carbocycles. The molecule has 2 aliphatic rings. The second-order valence-electron chi connectivity index (χ2n) is 4.55. The monoisotopic (exact) mass is 166 g/mol. The second kappa shape index (κ2) is 2.86. The Kier molecular flexibility index (Phi) is 1.97. The van der Waals surface area contributed by atoms with E-state index in [1.165, 1.54) is 32.1 Å². The van der Waals surface area contributed by atoms with Gasteiger partial charge >= 0.3 is 0 Å². The van der Waals surface area contributed by atoms with Crippen LogP contribution in [-0.4, -0.2) is 5.78 Å². The highest BCUT2D eigenvalue weighted by molar-refractivity contribution is 5.89. The number of carbonyl (C=O) groups excluding carboxylic acids is 1. The molecule has 12 heavy (non-hydrogen) atoms. The van der Waals surface area contributed by atoms with E-state index in [-0.39, 0.29) is 0 Å². The second-order valence-corrected chi connectivity index (χ2v) is 4.55. The van der Waals surface area contributed by atoms with Crippen LogP contribution in [0.3, 0.4) is 0 Å². The van der Waals surface area contributed by atoms with Crippen molar-refractivity contribution in [1.29, 1.82) is 0 Å². The minimum absolute atomic E-state index is 0.463. The Bertz CT molecular complexity index is 189. The molecular weight excluding hydrogens is 148 g/mol. The van der Waals surface area contributed by atoms with Crippen LogP contribution in [-0.2, 0) is 4.79 Å². The van der Waals surface area contributed by atoms with Crippen LogP contribution in [0.1, 0.15) is 51.9 Å². The first-order chi connectivity index (χ1) is 5.78. The van der Waals surface area contributed by atoms with Gasteiger partial charge in [-0.05, 0) is 24.7 Å². The molecule has 0 aliphatic heterocycles. The van der Waals surface area contributed by atoms with E-state index in [2.05, 4.69) is 6.92 Å². The molecule has 0 heterocycles. The van der Waals surface area contributed by atoms with Crippen molar-refractivity contribution in [3.05, 3.63) is 0 Å². The van der Waals surface area contributed by atoms with Crippen LogP contribution in [0.25, 0.3) is 0 Å². The molecule has 0 aromatic rings. The molecule has 0 aromatic carbocycles. The van der Waals surface area contributed by atoms with Crippen molar-refractivity contribution in [1.82, 2.24) is 0 Å². The largest absolute Gasteiger partial charge is 0.299 e. The maximum atomic E-state index is 11.4. The Labute approximate surface area is 74.5 Å². The van der Waals surface area contributed by atoms with E-state index >= 15 is 0 Å². The predicted octanol–water partition coefficient (Wildman–Crippen LogP) is 2.94. The molecule has 0 saturated heterocycles. The third-order valence-corrected chi connectivity index (χ3v) is 3.83. The van der Waals surface area contributed by atoms with Crippen LogP contribution in [0.4, 0.5) is 0 Å². The number of hydrogen-bond acceptors (Lipinski definition) is 1. The van der Waals surface area contributed by atoms with Crippen molar-refractivity contribution >= 4 is 5.78 Å². The Morgan fingerprint density at radius 1 is 1.42 bits per heavy atom. The van der Waals surface area contributed by atoms with Crippen LogP contribution in [0.2, 0.25) is 0 Å². The number of ketones is 1. The maximum Gasteiger partial charge on any atom is 0.137 e. The van der Waals surface area contributed by atoms with Gasteiger partial charge in [0.1, 0.15) is 5.78 Å². The van der Waals surface area contributed by atoms with Crippen LogP contribution >= 0.6 is 0 Å². The highest BCUT2D eigenvalue weighted by Gasteiger charge is 2.53. The topological polar surface area (TPSA) is 17.1 Å². The summed E-state index contributed by atoms with van der Waals surface area (Å²) in [6.07, 6.45) is 8.66. The maximum absolute atomic E-state index is 11.4. The van der Waals surface area contributed by atoms with Gasteiger partial charge in [0.15, 0.2) is 0 Å². The van der Waals surface area contributed by atoms with Crippen LogP contribution in [0.5, 0.6) is 0 Å². The SMILES string of the molecule is CCCC1C(=O)CC12CCCC2. The van der Waals surface area contributed by atoms with E-state index in [0.29, 0.717) is 17.1 Å². The molecular formula is C11H18O. The van der Waals surface area contributed by atoms with Crippen molar-refractivity contribution in [2.75, 3.05) is 0 Å². The van der Waals surface area contributed by atoms with Crippen LogP contribution in [0, 0.1) is 11.3 Å². The van der Waals surface area contributed by atoms with E-state index in [0.717, 1.165) is 12.8 Å². The Balaban J connectivity index is 2.03. The van der Waals surface area contributed by atoms with Gasteiger partial charge in [-0.25, -0.2) is 0 Å². The Hall–Kier alpha value is -0.330. The van der Waals surface area contributed by atoms with E-state index in [1.807, 2.05) is 0 Å². The van der Waals surface area contributed by atoms with E-state index in [1.54, 1.807) is 0 Å². The number of Topliss-reactive ketones (excluding diaryl/α,β-unsaturated/α-hetero) is 1. The molecule has 0 radical (unpaired) electrons. The van der Waals surface area contributed by atoms with E-state index in [9.17, 15) is 4.79 Å². The van der Waals surface area contributed by atoms with Crippen LogP contribution in [0.15, 0.2) is 0 Å². The van der Waals surface area contributed by atoms with Gasteiger partial charge in [0.2, 0.25) is 0 Å². The lowest BCUT2D eigenvalue weighted by atomic mass is 9.57. The minimum Gasteiger partial charge on any atom is -0.299 e. The fraction of sp³-hybridized carbons (Fsp3) is 0.909. The van der Waals surface area contributed by atoms with Gasteiger partial charge in [-0.15, -0.1) is 0 Å². The summed E-state index contributed by atoms with van der Waals surface area (Å²) in [6, 6.07) is 0. The quantitative estimate of drug-likeness (QED) is 0.616. The molecule has 1 atom stereocenters. The zero-order chi connectivity index (χ0) is 8.60. The van der Waals surface area contributed by atoms with E-state index < -0.39 is 0 Å². The van der Waals surface area contributed by atoms with E-state index in [4.69, 9.17) is 0 Å². The van der Waals surface area contributed by atoms with Gasteiger partial charge in [0.25, 0.3) is 0 Å². The van der Waals surface area contributed by atoms with Gasteiger partial charge in [-0.2, -0.15) is 0 Å². The lowest BCUT2D eigenvalue weighted by Gasteiger charge is -2.45. The summed E-state index contributed by atoms with van der Waals surface area (Å²) in [6.45, 7) is 2.19. The molecule has 0 aromatic heterocycles. The lowest BCUT2D eigenvalue weighted by molar-refractivity contribution is -0.143. The zero-order valence-corrected chi connectivity index (χ0v) is 7.94. The minimum atomic E-state index is 0.463. The molecule has 0 bridgehead atoms. The zero-order valence-electron chi connectivity index (χ0n) is 7.94. The van der Waals surface area contributed by atoms with Crippen molar-refractivity contribution in [3.63, 3.8) is 0 Å². The summed E-state index contributed by atoms with van der Waals surface area (Å²) in [5, 5.41) is 0. The van der Waals surface area contributed by atoms with Crippen molar-refractivity contribution in [2.45, 2.75) is 51.9 Å². The first-order valence-corrected chi connectivity index (χ1v) is 5.31. The average Bonchev–Trinajstić information content (AvgIpc) is 2.51. The van der Waals surface area contributed by atoms with Crippen molar-refractivity contribution < 1.29 is 4.79 Å². The Morgan fingerprint density at radius 2 is 2.08 bits per heavy atom. The van der Waals surface area contributed by atoms with Gasteiger partial charge in [-0.1, -0.05) is 26.2 Å². The lowest BCUT2D eigenvalue weighted by Crippen LogP contribution is -2.46. The molecule has 2 saturated carbocycles. The summed E-state index contributed by atoms with van der Waals surface area (Å²) < 4.78 is 0. The normalized spacial score (nSPS) is 32.4. The fourth-order valence-electron chi connectivity index (χ4n) is 3.16. The summed E-state index contributed by atoms with van der Waals surface area (Å²) in [7, 11) is 0. The third kappa shape index (κ3) is 1.02. The third-order valence-electron chi connectivity index (χ3n) is 3.83. The molecule has 0 N–H and O–H groups in total. The number of carbonyl (C=O) groups is 1. The van der Waals surface area contributed by atoms with Gasteiger partial charge in [0, 0.05) is 12.3 Å². The summed E-state index contributed by atoms with van der Waals surface area (Å²) in [5.41, 5.74) is 0.507. The summed E-state index contributed by atoms with van der Waals surface area (Å²) in [5.74, 6) is 1.02. The molecule has 68 valence electrons. The smallest absolute Gasteiger partial charge is 0.137 e. The Morgan fingerprint density at radius 3 is 2.58 bits per heavy atom. The first-order valence-electron chi connectivity index (χ1n) is 5.31.